The minimum absolute atomic E-state index is 0.0215. The van der Waals surface area contributed by atoms with Gasteiger partial charge >= 0.3 is 0 Å². The molecule has 1 amide bonds. The molecule has 0 saturated carbocycles. The maximum Gasteiger partial charge on any atom is 0.254 e. The zero-order chi connectivity index (χ0) is 20.9. The molecule has 0 radical (unpaired) electrons. The number of ether oxygens (including phenoxy) is 3. The Labute approximate surface area is 180 Å². The number of carbonyl (C=O) groups excluding carboxylic acids is 1. The SMILES string of the molecule is CCOc1ccc2c(c1)CN(C(=O)c1ccc(OCc3cscn3)c(OC)c1)CC2. The van der Waals surface area contributed by atoms with E-state index in [0.29, 0.717) is 43.4 Å². The van der Waals surface area contributed by atoms with Crippen LogP contribution in [0.3, 0.4) is 0 Å². The van der Waals surface area contributed by atoms with E-state index >= 15 is 0 Å². The first-order valence-corrected chi connectivity index (χ1v) is 10.8. The van der Waals surface area contributed by atoms with Gasteiger partial charge in [0.05, 0.1) is 24.9 Å². The summed E-state index contributed by atoms with van der Waals surface area (Å²) in [6.07, 6.45) is 0.833. The van der Waals surface area contributed by atoms with Gasteiger partial charge in [0.1, 0.15) is 12.4 Å². The van der Waals surface area contributed by atoms with Crippen LogP contribution >= 0.6 is 11.3 Å². The van der Waals surface area contributed by atoms with Crippen LogP contribution in [0.4, 0.5) is 0 Å². The summed E-state index contributed by atoms with van der Waals surface area (Å²) in [7, 11) is 1.58. The van der Waals surface area contributed by atoms with Crippen LogP contribution in [-0.2, 0) is 19.6 Å². The smallest absolute Gasteiger partial charge is 0.254 e. The van der Waals surface area contributed by atoms with Gasteiger partial charge in [-0.3, -0.25) is 4.79 Å². The highest BCUT2D eigenvalue weighted by Crippen LogP contribution is 2.30. The summed E-state index contributed by atoms with van der Waals surface area (Å²) < 4.78 is 16.9. The number of methoxy groups -OCH3 is 1. The summed E-state index contributed by atoms with van der Waals surface area (Å²) in [6.45, 7) is 4.20. The third-order valence-electron chi connectivity index (χ3n) is 5.06. The molecule has 7 heteroatoms. The molecule has 2 aromatic carbocycles. The maximum absolute atomic E-state index is 13.1. The van der Waals surface area contributed by atoms with Crippen LogP contribution in [0.1, 0.15) is 34.1 Å². The molecule has 0 spiro atoms. The highest BCUT2D eigenvalue weighted by Gasteiger charge is 2.23. The fourth-order valence-corrected chi connectivity index (χ4v) is 4.07. The number of nitrogens with zero attached hydrogens (tertiary/aromatic N) is 2. The predicted octanol–water partition coefficient (Wildman–Crippen LogP) is 4.33. The molecule has 0 bridgehead atoms. The molecule has 156 valence electrons. The van der Waals surface area contributed by atoms with Gasteiger partial charge in [-0.25, -0.2) is 4.98 Å². The monoisotopic (exact) mass is 424 g/mol. The van der Waals surface area contributed by atoms with Crippen molar-refractivity contribution >= 4 is 17.2 Å². The van der Waals surface area contributed by atoms with E-state index < -0.39 is 0 Å². The van der Waals surface area contributed by atoms with E-state index in [-0.39, 0.29) is 5.91 Å². The van der Waals surface area contributed by atoms with Gasteiger partial charge in [-0.15, -0.1) is 11.3 Å². The Kier molecular flexibility index (Phi) is 6.18. The average Bonchev–Trinajstić information content (AvgIpc) is 3.30. The van der Waals surface area contributed by atoms with E-state index in [1.165, 1.54) is 16.9 Å². The van der Waals surface area contributed by atoms with Gasteiger partial charge in [-0.2, -0.15) is 0 Å². The van der Waals surface area contributed by atoms with Gasteiger partial charge in [0, 0.05) is 24.0 Å². The van der Waals surface area contributed by atoms with Gasteiger partial charge in [0.25, 0.3) is 5.91 Å². The van der Waals surface area contributed by atoms with Crippen molar-refractivity contribution < 1.29 is 19.0 Å². The highest BCUT2D eigenvalue weighted by molar-refractivity contribution is 7.07. The second-order valence-electron chi connectivity index (χ2n) is 6.97. The number of thiazole rings is 1. The summed E-state index contributed by atoms with van der Waals surface area (Å²) >= 11 is 1.53. The van der Waals surface area contributed by atoms with Crippen LogP contribution in [0.2, 0.25) is 0 Å². The zero-order valence-electron chi connectivity index (χ0n) is 17.1. The Hall–Kier alpha value is -3.06. The maximum atomic E-state index is 13.1. The summed E-state index contributed by atoms with van der Waals surface area (Å²) in [5.41, 5.74) is 5.62. The number of hydrogen-bond acceptors (Lipinski definition) is 6. The molecule has 1 aliphatic heterocycles. The van der Waals surface area contributed by atoms with Crippen LogP contribution in [0.15, 0.2) is 47.3 Å². The van der Waals surface area contributed by atoms with E-state index in [4.69, 9.17) is 14.2 Å². The molecule has 0 aliphatic carbocycles. The number of aromatic nitrogens is 1. The van der Waals surface area contributed by atoms with Crippen LogP contribution in [-0.4, -0.2) is 36.1 Å². The molecule has 1 aliphatic rings. The molecule has 30 heavy (non-hydrogen) atoms. The largest absolute Gasteiger partial charge is 0.494 e. The van der Waals surface area contributed by atoms with Crippen molar-refractivity contribution in [2.45, 2.75) is 26.5 Å². The van der Waals surface area contributed by atoms with Crippen LogP contribution in [0, 0.1) is 0 Å². The van der Waals surface area contributed by atoms with Crippen LogP contribution < -0.4 is 14.2 Å². The normalized spacial score (nSPS) is 12.9. The summed E-state index contributed by atoms with van der Waals surface area (Å²) in [4.78, 5) is 19.2. The Morgan fingerprint density at radius 1 is 1.13 bits per heavy atom. The van der Waals surface area contributed by atoms with Crippen molar-refractivity contribution in [3.8, 4) is 17.2 Å². The van der Waals surface area contributed by atoms with E-state index in [1.54, 1.807) is 30.8 Å². The molecular weight excluding hydrogens is 400 g/mol. The lowest BCUT2D eigenvalue weighted by molar-refractivity contribution is 0.0734. The van der Waals surface area contributed by atoms with Crippen molar-refractivity contribution in [1.82, 2.24) is 9.88 Å². The molecule has 0 fully saturated rings. The second-order valence-corrected chi connectivity index (χ2v) is 7.69. The van der Waals surface area contributed by atoms with Crippen molar-refractivity contribution in [2.24, 2.45) is 0 Å². The minimum Gasteiger partial charge on any atom is -0.494 e. The molecule has 6 nitrogen and oxygen atoms in total. The Morgan fingerprint density at radius 2 is 2.03 bits per heavy atom. The number of amides is 1. The number of rotatable bonds is 7. The Morgan fingerprint density at radius 3 is 2.80 bits per heavy atom. The van der Waals surface area contributed by atoms with Gasteiger partial charge in [-0.1, -0.05) is 6.07 Å². The molecule has 2 heterocycles. The lowest BCUT2D eigenvalue weighted by Gasteiger charge is -2.29. The summed E-state index contributed by atoms with van der Waals surface area (Å²) in [5, 5.41) is 1.94. The van der Waals surface area contributed by atoms with Gasteiger partial charge in [0.15, 0.2) is 11.5 Å². The second kappa shape index (κ2) is 9.17. The van der Waals surface area contributed by atoms with Crippen molar-refractivity contribution in [3.63, 3.8) is 0 Å². The van der Waals surface area contributed by atoms with Crippen molar-refractivity contribution in [1.29, 1.82) is 0 Å². The lowest BCUT2D eigenvalue weighted by atomic mass is 9.98. The predicted molar refractivity (Wildman–Crippen MR) is 115 cm³/mol. The molecule has 0 unspecified atom stereocenters. The van der Waals surface area contributed by atoms with Crippen molar-refractivity contribution in [2.75, 3.05) is 20.3 Å². The summed E-state index contributed by atoms with van der Waals surface area (Å²) in [5.74, 6) is 1.94. The fourth-order valence-electron chi connectivity index (χ4n) is 3.53. The molecule has 1 aromatic heterocycles. The fraction of sp³-hybridized carbons (Fsp3) is 0.304. The van der Waals surface area contributed by atoms with E-state index in [0.717, 1.165) is 23.4 Å². The number of fused-ring (bicyclic) bond motifs is 1. The average molecular weight is 425 g/mol. The van der Waals surface area contributed by atoms with Crippen LogP contribution in [0.25, 0.3) is 0 Å². The third kappa shape index (κ3) is 4.41. The zero-order valence-corrected chi connectivity index (χ0v) is 17.9. The van der Waals surface area contributed by atoms with Crippen molar-refractivity contribution in [3.05, 3.63) is 69.7 Å². The van der Waals surface area contributed by atoms with Crippen LogP contribution in [0.5, 0.6) is 17.2 Å². The standard InChI is InChI=1S/C23H24N2O4S/c1-3-28-20-6-4-16-8-9-25(12-18(16)10-20)23(26)17-5-7-21(22(11-17)27-2)29-13-19-14-30-15-24-19/h4-7,10-11,14-15H,3,8-9,12-13H2,1-2H3. The highest BCUT2D eigenvalue weighted by atomic mass is 32.1. The molecule has 0 atom stereocenters. The molecule has 4 rings (SSSR count). The van der Waals surface area contributed by atoms with Gasteiger partial charge in [-0.05, 0) is 54.8 Å². The number of carbonyl (C=O) groups is 1. The van der Waals surface area contributed by atoms with E-state index in [2.05, 4.69) is 11.1 Å². The lowest BCUT2D eigenvalue weighted by Crippen LogP contribution is -2.36. The number of benzene rings is 2. The molecule has 3 aromatic rings. The quantitative estimate of drug-likeness (QED) is 0.565. The van der Waals surface area contributed by atoms with Gasteiger partial charge in [0.2, 0.25) is 0 Å². The first-order valence-electron chi connectivity index (χ1n) is 9.89. The number of hydrogen-bond donors (Lipinski definition) is 0. The molecule has 0 N–H and O–H groups in total. The van der Waals surface area contributed by atoms with E-state index in [1.807, 2.05) is 29.3 Å². The molecule has 0 saturated heterocycles. The first-order chi connectivity index (χ1) is 14.7. The molecular formula is C23H24N2O4S. The Balaban J connectivity index is 1.48. The third-order valence-corrected chi connectivity index (χ3v) is 5.69. The minimum atomic E-state index is -0.0215. The summed E-state index contributed by atoms with van der Waals surface area (Å²) in [6, 6.07) is 11.4. The van der Waals surface area contributed by atoms with Gasteiger partial charge < -0.3 is 19.1 Å². The first kappa shape index (κ1) is 20.2. The Bertz CT molecular complexity index is 1020. The van der Waals surface area contributed by atoms with E-state index in [9.17, 15) is 4.79 Å². The topological polar surface area (TPSA) is 60.9 Å².